The Morgan fingerprint density at radius 1 is 1.38 bits per heavy atom. The SMILES string of the molecule is CCCCOC(=O)NS(=O)(=O)CC. The Balaban J connectivity index is 3.75. The van der Waals surface area contributed by atoms with E-state index in [-0.39, 0.29) is 12.4 Å². The van der Waals surface area contributed by atoms with Crippen molar-refractivity contribution in [1.82, 2.24) is 4.72 Å². The van der Waals surface area contributed by atoms with Crippen LogP contribution in [0.3, 0.4) is 0 Å². The highest BCUT2D eigenvalue weighted by molar-refractivity contribution is 7.89. The predicted octanol–water partition coefficient (Wildman–Crippen LogP) is 0.862. The molecule has 0 spiro atoms. The molecule has 0 heterocycles. The number of unbranched alkanes of at least 4 members (excludes halogenated alkanes) is 1. The van der Waals surface area contributed by atoms with E-state index in [1.165, 1.54) is 6.92 Å². The molecule has 5 nitrogen and oxygen atoms in total. The van der Waals surface area contributed by atoms with E-state index >= 15 is 0 Å². The van der Waals surface area contributed by atoms with Crippen LogP contribution in [0.5, 0.6) is 0 Å². The molecule has 13 heavy (non-hydrogen) atoms. The number of rotatable bonds is 5. The number of ether oxygens (including phenoxy) is 1. The van der Waals surface area contributed by atoms with Gasteiger partial charge in [-0.15, -0.1) is 0 Å². The van der Waals surface area contributed by atoms with Crippen molar-refractivity contribution in [1.29, 1.82) is 0 Å². The lowest BCUT2D eigenvalue weighted by atomic mass is 10.4. The van der Waals surface area contributed by atoms with Crippen LogP contribution < -0.4 is 4.72 Å². The van der Waals surface area contributed by atoms with E-state index < -0.39 is 16.1 Å². The zero-order chi connectivity index (χ0) is 10.3. The first kappa shape index (κ1) is 12.2. The zero-order valence-electron chi connectivity index (χ0n) is 7.87. The number of hydrogen-bond acceptors (Lipinski definition) is 4. The third kappa shape index (κ3) is 6.39. The smallest absolute Gasteiger partial charge is 0.420 e. The molecule has 0 aromatic heterocycles. The molecule has 1 N–H and O–H groups in total. The van der Waals surface area contributed by atoms with E-state index in [2.05, 4.69) is 4.74 Å². The fourth-order valence-corrected chi connectivity index (χ4v) is 0.995. The molecule has 0 fully saturated rings. The molecule has 0 aliphatic carbocycles. The predicted molar refractivity (Wildman–Crippen MR) is 48.9 cm³/mol. The minimum Gasteiger partial charge on any atom is -0.449 e. The maximum atomic E-state index is 10.8. The number of carbonyl (C=O) groups excluding carboxylic acids is 1. The highest BCUT2D eigenvalue weighted by atomic mass is 32.2. The van der Waals surface area contributed by atoms with Gasteiger partial charge in [-0.2, -0.15) is 0 Å². The van der Waals surface area contributed by atoms with Gasteiger partial charge in [0.15, 0.2) is 0 Å². The molecule has 6 heteroatoms. The number of sulfonamides is 1. The van der Waals surface area contributed by atoms with Crippen molar-refractivity contribution in [3.8, 4) is 0 Å². The summed E-state index contributed by atoms with van der Waals surface area (Å²) >= 11 is 0. The monoisotopic (exact) mass is 209 g/mol. The van der Waals surface area contributed by atoms with Crippen LogP contribution in [0.15, 0.2) is 0 Å². The van der Waals surface area contributed by atoms with Crippen molar-refractivity contribution in [2.75, 3.05) is 12.4 Å². The Kier molecular flexibility index (Phi) is 5.45. The van der Waals surface area contributed by atoms with Crippen LogP contribution in [0.1, 0.15) is 26.7 Å². The molecule has 0 saturated carbocycles. The number of nitrogens with one attached hydrogen (secondary N) is 1. The standard InChI is InChI=1S/C7H15NO4S/c1-3-5-6-12-7(9)8-13(10,11)4-2/h3-6H2,1-2H3,(H,8,9). The molecule has 0 aromatic rings. The van der Waals surface area contributed by atoms with Crippen LogP contribution in [0, 0.1) is 0 Å². The third-order valence-corrected chi connectivity index (χ3v) is 2.59. The molecular formula is C7H15NO4S. The lowest BCUT2D eigenvalue weighted by molar-refractivity contribution is 0.151. The van der Waals surface area contributed by atoms with Gasteiger partial charge in [0.25, 0.3) is 0 Å². The highest BCUT2D eigenvalue weighted by Crippen LogP contribution is 1.90. The number of carbonyl (C=O) groups is 1. The van der Waals surface area contributed by atoms with Gasteiger partial charge in [-0.1, -0.05) is 13.3 Å². The normalized spacial score (nSPS) is 10.9. The van der Waals surface area contributed by atoms with Crippen molar-refractivity contribution in [2.24, 2.45) is 0 Å². The second kappa shape index (κ2) is 5.80. The lowest BCUT2D eigenvalue weighted by Gasteiger charge is -2.05. The molecule has 1 amide bonds. The summed E-state index contributed by atoms with van der Waals surface area (Å²) in [7, 11) is -3.48. The Bertz CT molecular complexity index is 247. The van der Waals surface area contributed by atoms with Crippen molar-refractivity contribution in [3.63, 3.8) is 0 Å². The number of hydrogen-bond donors (Lipinski definition) is 1. The van der Waals surface area contributed by atoms with Crippen molar-refractivity contribution in [2.45, 2.75) is 26.7 Å². The summed E-state index contributed by atoms with van der Waals surface area (Å²) in [6, 6.07) is 0. The topological polar surface area (TPSA) is 72.5 Å². The average molecular weight is 209 g/mol. The van der Waals surface area contributed by atoms with Crippen LogP contribution in [0.25, 0.3) is 0 Å². The summed E-state index contributed by atoms with van der Waals surface area (Å²) in [6.07, 6.45) is 0.739. The summed E-state index contributed by atoms with van der Waals surface area (Å²) < 4.78 is 28.0. The minimum atomic E-state index is -3.48. The molecule has 0 atom stereocenters. The van der Waals surface area contributed by atoms with Crippen LogP contribution in [-0.4, -0.2) is 26.9 Å². The number of amides is 1. The molecule has 0 bridgehead atoms. The second-order valence-electron chi connectivity index (χ2n) is 2.49. The molecule has 0 saturated heterocycles. The first-order chi connectivity index (χ1) is 6.02. The molecule has 0 unspecified atom stereocenters. The fourth-order valence-electron chi connectivity index (χ4n) is 0.538. The first-order valence-electron chi connectivity index (χ1n) is 4.19. The van der Waals surface area contributed by atoms with Crippen molar-refractivity contribution in [3.05, 3.63) is 0 Å². The summed E-state index contributed by atoms with van der Waals surface area (Å²) in [5, 5.41) is 0. The summed E-state index contributed by atoms with van der Waals surface area (Å²) in [4.78, 5) is 10.8. The van der Waals surface area contributed by atoms with E-state index in [0.717, 1.165) is 12.8 Å². The minimum absolute atomic E-state index is 0.129. The van der Waals surface area contributed by atoms with Crippen molar-refractivity contribution >= 4 is 16.1 Å². The molecule has 0 rings (SSSR count). The van der Waals surface area contributed by atoms with Gasteiger partial charge in [0.2, 0.25) is 10.0 Å². The van der Waals surface area contributed by atoms with Crippen LogP contribution >= 0.6 is 0 Å². The maximum absolute atomic E-state index is 10.8. The van der Waals surface area contributed by atoms with Gasteiger partial charge in [-0.3, -0.25) is 0 Å². The largest absolute Gasteiger partial charge is 0.449 e. The van der Waals surface area contributed by atoms with Crippen LogP contribution in [-0.2, 0) is 14.8 Å². The summed E-state index contributed by atoms with van der Waals surface area (Å²) in [5.41, 5.74) is 0. The van der Waals surface area contributed by atoms with Gasteiger partial charge >= 0.3 is 6.09 Å². The maximum Gasteiger partial charge on any atom is 0.420 e. The zero-order valence-corrected chi connectivity index (χ0v) is 8.69. The third-order valence-electron chi connectivity index (χ3n) is 1.35. The van der Waals surface area contributed by atoms with Gasteiger partial charge in [0, 0.05) is 0 Å². The Hall–Kier alpha value is -0.780. The van der Waals surface area contributed by atoms with E-state index in [1.807, 2.05) is 6.92 Å². The molecule has 0 aromatic carbocycles. The molecule has 78 valence electrons. The van der Waals surface area contributed by atoms with E-state index in [0.29, 0.717) is 0 Å². The Morgan fingerprint density at radius 3 is 2.46 bits per heavy atom. The lowest BCUT2D eigenvalue weighted by Crippen LogP contribution is -2.32. The van der Waals surface area contributed by atoms with Gasteiger partial charge in [-0.25, -0.2) is 17.9 Å². The molecule has 0 aliphatic rings. The van der Waals surface area contributed by atoms with Gasteiger partial charge in [0.1, 0.15) is 0 Å². The molecule has 0 radical (unpaired) electrons. The fraction of sp³-hybridized carbons (Fsp3) is 0.857. The van der Waals surface area contributed by atoms with Crippen LogP contribution in [0.4, 0.5) is 4.79 Å². The quantitative estimate of drug-likeness (QED) is 0.682. The Morgan fingerprint density at radius 2 is 2.00 bits per heavy atom. The summed E-state index contributed by atoms with van der Waals surface area (Å²) in [5.74, 6) is -0.129. The van der Waals surface area contributed by atoms with E-state index in [4.69, 9.17) is 0 Å². The van der Waals surface area contributed by atoms with Crippen LogP contribution in [0.2, 0.25) is 0 Å². The van der Waals surface area contributed by atoms with E-state index in [1.54, 1.807) is 4.72 Å². The average Bonchev–Trinajstić information content (AvgIpc) is 2.04. The van der Waals surface area contributed by atoms with Gasteiger partial charge in [0.05, 0.1) is 12.4 Å². The summed E-state index contributed by atoms with van der Waals surface area (Å²) in [6.45, 7) is 3.65. The van der Waals surface area contributed by atoms with Gasteiger partial charge < -0.3 is 4.74 Å². The second-order valence-corrected chi connectivity index (χ2v) is 4.51. The van der Waals surface area contributed by atoms with Crippen molar-refractivity contribution < 1.29 is 17.9 Å². The molecule has 0 aliphatic heterocycles. The Labute approximate surface area is 78.5 Å². The van der Waals surface area contributed by atoms with E-state index in [9.17, 15) is 13.2 Å². The molecular weight excluding hydrogens is 194 g/mol. The highest BCUT2D eigenvalue weighted by Gasteiger charge is 2.11. The first-order valence-corrected chi connectivity index (χ1v) is 5.84. The van der Waals surface area contributed by atoms with Gasteiger partial charge in [-0.05, 0) is 13.3 Å².